The molecule has 0 amide bonds. The van der Waals surface area contributed by atoms with E-state index >= 15 is 0 Å². The van der Waals surface area contributed by atoms with Crippen molar-refractivity contribution in [3.8, 4) is 0 Å². The van der Waals surface area contributed by atoms with E-state index in [1.54, 1.807) is 0 Å². The lowest BCUT2D eigenvalue weighted by Gasteiger charge is -2.57. The van der Waals surface area contributed by atoms with Crippen molar-refractivity contribution in [2.75, 3.05) is 0 Å². The van der Waals surface area contributed by atoms with Crippen molar-refractivity contribution in [2.24, 2.45) is 23.2 Å². The van der Waals surface area contributed by atoms with Gasteiger partial charge >= 0.3 is 37.5 Å². The zero-order valence-corrected chi connectivity index (χ0v) is 58.0. The first kappa shape index (κ1) is 76.4. The van der Waals surface area contributed by atoms with Crippen molar-refractivity contribution >= 4 is 52.1 Å². The Morgan fingerprint density at radius 3 is 0.742 bits per heavy atom. The summed E-state index contributed by atoms with van der Waals surface area (Å²) in [7, 11) is -17.7. The Labute approximate surface area is 558 Å². The van der Waals surface area contributed by atoms with E-state index < -0.39 is 58.5 Å². The Morgan fingerprint density at radius 1 is 0.366 bits per heavy atom. The minimum atomic E-state index is -6.09. The molecule has 8 aromatic rings. The lowest BCUT2D eigenvalue weighted by Crippen LogP contribution is -3.61. The van der Waals surface area contributed by atoms with E-state index in [9.17, 15) is 48.1 Å². The van der Waals surface area contributed by atoms with Crippen molar-refractivity contribution in [1.29, 1.82) is 0 Å². The second-order valence-corrected chi connectivity index (χ2v) is 35.9. The fourth-order valence-corrected chi connectivity index (χ4v) is 18.2. The number of alkyl halides is 8. The molecule has 4 bridgehead atoms. The van der Waals surface area contributed by atoms with Crippen molar-refractivity contribution in [2.45, 2.75) is 143 Å². The molecule has 23 heteroatoms. The summed E-state index contributed by atoms with van der Waals surface area (Å²) in [6.45, 7) is 13.6. The highest BCUT2D eigenvalue weighted by Gasteiger charge is 2.56. The molecule has 4 aliphatic rings. The number of halogens is 9. The molecule has 8 aromatic carbocycles. The molecule has 9 nitrogen and oxygen atoms in total. The predicted molar refractivity (Wildman–Crippen MR) is 342 cm³/mol. The van der Waals surface area contributed by atoms with Gasteiger partial charge in [0, 0.05) is 6.42 Å². The number of benzene rings is 8. The zero-order chi connectivity index (χ0) is 68.7. The van der Waals surface area contributed by atoms with Crippen LogP contribution in [0.3, 0.4) is 0 Å². The monoisotopic (exact) mass is 1500 g/mol. The highest BCUT2D eigenvalue weighted by atomic mass is 127. The van der Waals surface area contributed by atoms with Gasteiger partial charge in [-0.2, -0.15) is 35.1 Å². The standard InChI is InChI=1S/C20H26I.2C18H15S.C12H18F2O3S.2CHF3O3S/c1-19(2,3)15-7-11-17(12-8-15)21-18-13-9-16(10-14-18)20(4,5)6;2*1-4-10-16(11-5-1)19(17-12-6-2-7-13-17)18-14-8-3-9-15-18;13-12(14,18(15,16)17)7-11-4-8-1-9(5-11)3-10(2-8)6-11;2*2-1(3,4)8(5,6)7/h7-14H,1-6H3;2*1-15H;8-10H,1-7H2,(H,15,16,17);2*(H,5,6,7)/q3*+1;;;/p-3. The molecule has 0 saturated heterocycles. The molecule has 0 unspecified atom stereocenters. The van der Waals surface area contributed by atoms with Gasteiger partial charge in [0.15, 0.2) is 66.9 Å². The molecule has 0 aromatic heterocycles. The average molecular weight is 1500 g/mol. The van der Waals surface area contributed by atoms with Gasteiger partial charge in [0.2, 0.25) is 0 Å². The van der Waals surface area contributed by atoms with Crippen LogP contribution in [0.2, 0.25) is 0 Å². The summed E-state index contributed by atoms with van der Waals surface area (Å²) in [6.07, 6.45) is 4.62. The summed E-state index contributed by atoms with van der Waals surface area (Å²) in [5.41, 5.74) is -8.57. The Hall–Kier alpha value is -5.64. The second kappa shape index (κ2) is 32.4. The minimum Gasteiger partial charge on any atom is -0.743 e. The maximum absolute atomic E-state index is 13.5. The van der Waals surface area contributed by atoms with Crippen LogP contribution in [0.25, 0.3) is 0 Å². The highest BCUT2D eigenvalue weighted by Crippen LogP contribution is 2.63. The SMILES string of the molecule is CC(C)(C)c1ccc([I+]c2ccc(C(C)(C)C)cc2)cc1.O=S(=O)([O-])C(F)(F)CC12CC3CC(CC(C3)C1)C2.O=S(=O)([O-])C(F)(F)F.O=S(=O)([O-])C(F)(F)F.c1ccc([S+](c2ccccc2)c2ccccc2)cc1.c1ccc([S+](c2ccccc2)c2ccccc2)cc1. The molecule has 0 heterocycles. The summed E-state index contributed by atoms with van der Waals surface area (Å²) in [5.74, 6) is 1.42. The predicted octanol–water partition coefficient (Wildman–Crippen LogP) is 14.8. The molecule has 0 spiro atoms. The molecule has 0 aliphatic heterocycles. The van der Waals surface area contributed by atoms with E-state index in [2.05, 4.69) is 272 Å². The van der Waals surface area contributed by atoms with E-state index in [-0.39, 0.29) is 53.8 Å². The van der Waals surface area contributed by atoms with Gasteiger partial charge in [-0.15, -0.1) is 0 Å². The van der Waals surface area contributed by atoms with Crippen LogP contribution in [0.1, 0.15) is 97.6 Å². The quantitative estimate of drug-likeness (QED) is 0.0402. The van der Waals surface area contributed by atoms with Crippen LogP contribution in [-0.4, -0.2) is 55.2 Å². The van der Waals surface area contributed by atoms with Crippen LogP contribution >= 0.6 is 0 Å². The Bertz CT molecular complexity index is 3490. The lowest BCUT2D eigenvalue weighted by atomic mass is 9.49. The van der Waals surface area contributed by atoms with Crippen molar-refractivity contribution in [3.63, 3.8) is 0 Å². The van der Waals surface area contributed by atoms with E-state index in [4.69, 9.17) is 25.9 Å². The van der Waals surface area contributed by atoms with Crippen LogP contribution in [0.15, 0.2) is 260 Å². The molecule has 500 valence electrons. The molecule has 12 rings (SSSR count). The van der Waals surface area contributed by atoms with Gasteiger partial charge in [-0.05, 0) is 181 Å². The van der Waals surface area contributed by atoms with Crippen LogP contribution in [-0.2, 0) is 63.0 Å². The summed E-state index contributed by atoms with van der Waals surface area (Å²) in [5, 5.41) is -4.10. The van der Waals surface area contributed by atoms with E-state index in [0.29, 0.717) is 37.0 Å². The first-order valence-corrected chi connectivity index (χ1v) is 38.1. The van der Waals surface area contributed by atoms with E-state index in [1.165, 1.54) is 47.6 Å². The highest BCUT2D eigenvalue weighted by molar-refractivity contribution is 7.97. The summed E-state index contributed by atoms with van der Waals surface area (Å²) >= 11 is -0.0703. The maximum atomic E-state index is 13.5. The van der Waals surface area contributed by atoms with Gasteiger partial charge in [0.1, 0.15) is 0 Å². The summed E-state index contributed by atoms with van der Waals surface area (Å²) in [4.78, 5) is 8.17. The summed E-state index contributed by atoms with van der Waals surface area (Å²) < 4.78 is 180. The van der Waals surface area contributed by atoms with Crippen LogP contribution < -0.4 is 21.2 Å². The average Bonchev–Trinajstić information content (AvgIpc) is 0.745. The van der Waals surface area contributed by atoms with E-state index in [1.807, 2.05) is 0 Å². The van der Waals surface area contributed by atoms with Gasteiger partial charge < -0.3 is 13.7 Å². The molecule has 93 heavy (non-hydrogen) atoms. The minimum absolute atomic E-state index is 0.0146. The van der Waals surface area contributed by atoms with Gasteiger partial charge in [0.25, 0.3) is 0 Å². The fourth-order valence-electron chi connectivity index (χ4n) is 11.3. The smallest absolute Gasteiger partial charge is 0.485 e. The lowest BCUT2D eigenvalue weighted by molar-refractivity contribution is -0.597. The Morgan fingerprint density at radius 2 is 0.570 bits per heavy atom. The summed E-state index contributed by atoms with van der Waals surface area (Å²) in [6, 6.07) is 82.7. The van der Waals surface area contributed by atoms with Gasteiger partial charge in [-0.25, -0.2) is 25.3 Å². The molecule has 0 radical (unpaired) electrons. The first-order valence-electron chi connectivity index (χ1n) is 29.3. The Balaban J connectivity index is 0.000000183. The third kappa shape index (κ3) is 23.3. The van der Waals surface area contributed by atoms with Crippen LogP contribution in [0, 0.1) is 30.3 Å². The van der Waals surface area contributed by atoms with E-state index in [0.717, 1.165) is 19.3 Å². The molecule has 4 aliphatic carbocycles. The first-order chi connectivity index (χ1) is 43.3. The Kier molecular flexibility index (Phi) is 26.6. The number of hydrogen-bond acceptors (Lipinski definition) is 9. The third-order valence-electron chi connectivity index (χ3n) is 15.2. The van der Waals surface area contributed by atoms with Crippen molar-refractivity contribution in [1.82, 2.24) is 0 Å². The second-order valence-electron chi connectivity index (χ2n) is 24.6. The molecule has 4 saturated carbocycles. The maximum Gasteiger partial charge on any atom is 0.485 e. The number of hydrogen-bond donors (Lipinski definition) is 0. The normalized spacial score (nSPS) is 17.9. The number of rotatable bonds is 11. The topological polar surface area (TPSA) is 172 Å². The zero-order valence-electron chi connectivity index (χ0n) is 51.7. The molecular formula is C70H73F8IO9S5. The molecule has 0 atom stereocenters. The largest absolute Gasteiger partial charge is 0.743 e. The van der Waals surface area contributed by atoms with Crippen LogP contribution in [0.5, 0.6) is 0 Å². The molecular weight excluding hydrogens is 1420 g/mol. The van der Waals surface area contributed by atoms with Gasteiger partial charge in [-0.3, -0.25) is 0 Å². The van der Waals surface area contributed by atoms with Crippen LogP contribution in [0.4, 0.5) is 35.1 Å². The molecule has 4 fully saturated rings. The third-order valence-corrected chi connectivity index (χ3v) is 24.3. The van der Waals surface area contributed by atoms with Crippen molar-refractivity contribution in [3.05, 3.63) is 249 Å². The fraction of sp³-hybridized carbons (Fsp3) is 0.314. The molecule has 0 N–H and O–H groups in total. The van der Waals surface area contributed by atoms with Crippen molar-refractivity contribution < 1.29 is 95.2 Å². The van der Waals surface area contributed by atoms with Gasteiger partial charge in [0.05, 0.1) is 21.8 Å². The van der Waals surface area contributed by atoms with Gasteiger partial charge in [-0.1, -0.05) is 175 Å².